The monoisotopic (exact) mass is 284 g/mol. The van der Waals surface area contributed by atoms with E-state index in [-0.39, 0.29) is 10.8 Å². The number of aryl methyl sites for hydroxylation is 2. The van der Waals surface area contributed by atoms with E-state index in [1.54, 1.807) is 0 Å². The van der Waals surface area contributed by atoms with E-state index in [0.717, 1.165) is 10.6 Å². The Bertz CT molecular complexity index is 431. The number of halogens is 2. The van der Waals surface area contributed by atoms with Crippen molar-refractivity contribution in [2.75, 3.05) is 0 Å². The topological polar surface area (TPSA) is 0 Å². The van der Waals surface area contributed by atoms with Crippen molar-refractivity contribution in [3.8, 4) is 0 Å². The van der Waals surface area contributed by atoms with Gasteiger partial charge in [-0.05, 0) is 54.9 Å². The molecule has 1 unspecified atom stereocenters. The van der Waals surface area contributed by atoms with Crippen LogP contribution in [-0.2, 0) is 0 Å². The SMILES string of the molecule is Cc1cc(Cl)c(C(Cl)C2(C)CCCCC2)cc1C. The Kier molecular flexibility index (Phi) is 4.29. The number of hydrogen-bond acceptors (Lipinski definition) is 0. The first-order chi connectivity index (χ1) is 8.44. The summed E-state index contributed by atoms with van der Waals surface area (Å²) in [5.74, 6) is 0. The molecule has 0 aromatic heterocycles. The summed E-state index contributed by atoms with van der Waals surface area (Å²) >= 11 is 13.2. The third-order valence-corrected chi connectivity index (χ3v) is 5.58. The minimum absolute atomic E-state index is 0.0320. The second-order valence-corrected chi connectivity index (χ2v) is 6.88. The maximum Gasteiger partial charge on any atom is 0.0653 e. The second-order valence-electron chi connectivity index (χ2n) is 6.04. The minimum Gasteiger partial charge on any atom is -0.117 e. The van der Waals surface area contributed by atoms with Crippen molar-refractivity contribution in [2.45, 2.75) is 58.3 Å². The van der Waals surface area contributed by atoms with Gasteiger partial charge < -0.3 is 0 Å². The highest BCUT2D eigenvalue weighted by Gasteiger charge is 2.36. The maximum atomic E-state index is 6.77. The number of alkyl halides is 1. The molecule has 2 heteroatoms. The first-order valence-electron chi connectivity index (χ1n) is 6.85. The Labute approximate surface area is 121 Å². The quantitative estimate of drug-likeness (QED) is 0.567. The molecule has 2 rings (SSSR count). The largest absolute Gasteiger partial charge is 0.117 e. The molecule has 1 atom stereocenters. The molecule has 0 spiro atoms. The standard InChI is InChI=1S/C16H22Cl2/c1-11-9-13(14(17)10-12(11)2)15(18)16(3)7-5-4-6-8-16/h9-10,15H,4-8H2,1-3H3. The number of benzene rings is 1. The summed E-state index contributed by atoms with van der Waals surface area (Å²) in [6.07, 6.45) is 6.36. The molecule has 1 saturated carbocycles. The van der Waals surface area contributed by atoms with Crippen LogP contribution in [-0.4, -0.2) is 0 Å². The highest BCUT2D eigenvalue weighted by atomic mass is 35.5. The van der Waals surface area contributed by atoms with Crippen LogP contribution in [0.4, 0.5) is 0 Å². The molecule has 1 aromatic carbocycles. The molecule has 0 amide bonds. The first-order valence-corrected chi connectivity index (χ1v) is 7.66. The lowest BCUT2D eigenvalue weighted by Crippen LogP contribution is -2.25. The molecule has 0 nitrogen and oxygen atoms in total. The maximum absolute atomic E-state index is 6.77. The van der Waals surface area contributed by atoms with Gasteiger partial charge in [0.15, 0.2) is 0 Å². The summed E-state index contributed by atoms with van der Waals surface area (Å²) in [6, 6.07) is 4.23. The van der Waals surface area contributed by atoms with Crippen LogP contribution in [0.3, 0.4) is 0 Å². The van der Waals surface area contributed by atoms with E-state index >= 15 is 0 Å². The smallest absolute Gasteiger partial charge is 0.0653 e. The Morgan fingerprint density at radius 2 is 1.61 bits per heavy atom. The summed E-state index contributed by atoms with van der Waals surface area (Å²) < 4.78 is 0. The highest BCUT2D eigenvalue weighted by molar-refractivity contribution is 6.33. The van der Waals surface area contributed by atoms with Gasteiger partial charge in [0, 0.05) is 5.02 Å². The van der Waals surface area contributed by atoms with Crippen LogP contribution in [0, 0.1) is 19.3 Å². The zero-order valence-corrected chi connectivity index (χ0v) is 13.0. The van der Waals surface area contributed by atoms with Crippen molar-refractivity contribution in [1.82, 2.24) is 0 Å². The van der Waals surface area contributed by atoms with E-state index in [2.05, 4.69) is 26.8 Å². The van der Waals surface area contributed by atoms with Crippen molar-refractivity contribution in [3.63, 3.8) is 0 Å². The van der Waals surface area contributed by atoms with Gasteiger partial charge in [0.05, 0.1) is 5.38 Å². The van der Waals surface area contributed by atoms with Crippen LogP contribution in [0.2, 0.25) is 5.02 Å². The van der Waals surface area contributed by atoms with E-state index in [1.807, 2.05) is 6.07 Å². The van der Waals surface area contributed by atoms with Crippen molar-refractivity contribution in [2.24, 2.45) is 5.41 Å². The Morgan fingerprint density at radius 1 is 1.06 bits per heavy atom. The molecule has 1 aliphatic carbocycles. The van der Waals surface area contributed by atoms with E-state index in [9.17, 15) is 0 Å². The fraction of sp³-hybridized carbons (Fsp3) is 0.625. The zero-order valence-electron chi connectivity index (χ0n) is 11.5. The molecule has 18 heavy (non-hydrogen) atoms. The normalized spacial score (nSPS) is 20.7. The van der Waals surface area contributed by atoms with Crippen LogP contribution in [0.5, 0.6) is 0 Å². The van der Waals surface area contributed by atoms with Crippen LogP contribution < -0.4 is 0 Å². The molecule has 0 aliphatic heterocycles. The first kappa shape index (κ1) is 14.2. The van der Waals surface area contributed by atoms with Crippen LogP contribution >= 0.6 is 23.2 Å². The minimum atomic E-state index is 0.0320. The molecule has 0 radical (unpaired) electrons. The molecule has 0 N–H and O–H groups in total. The Balaban J connectivity index is 2.33. The van der Waals surface area contributed by atoms with Gasteiger partial charge in [0.1, 0.15) is 0 Å². The second kappa shape index (κ2) is 5.43. The van der Waals surface area contributed by atoms with Crippen LogP contribution in [0.15, 0.2) is 12.1 Å². The molecule has 0 bridgehead atoms. The van der Waals surface area contributed by atoms with Crippen LogP contribution in [0.1, 0.15) is 61.1 Å². The molecule has 0 heterocycles. The Hall–Kier alpha value is -0.200. The van der Waals surface area contributed by atoms with Crippen molar-refractivity contribution in [3.05, 3.63) is 33.8 Å². The lowest BCUT2D eigenvalue weighted by atomic mass is 9.71. The number of rotatable bonds is 2. The third kappa shape index (κ3) is 2.70. The van der Waals surface area contributed by atoms with Gasteiger partial charge in [0.25, 0.3) is 0 Å². The molecule has 0 saturated heterocycles. The fourth-order valence-corrected chi connectivity index (χ4v) is 3.77. The molecular weight excluding hydrogens is 263 g/mol. The molecule has 100 valence electrons. The molecule has 1 aromatic rings. The van der Waals surface area contributed by atoms with E-state index in [0.29, 0.717) is 0 Å². The summed E-state index contributed by atoms with van der Waals surface area (Å²) in [4.78, 5) is 0. The molecular formula is C16H22Cl2. The van der Waals surface area contributed by atoms with Gasteiger partial charge in [-0.2, -0.15) is 0 Å². The van der Waals surface area contributed by atoms with Crippen LogP contribution in [0.25, 0.3) is 0 Å². The van der Waals surface area contributed by atoms with Gasteiger partial charge in [-0.25, -0.2) is 0 Å². The predicted octanol–water partition coefficient (Wildman–Crippen LogP) is 6.21. The van der Waals surface area contributed by atoms with E-state index in [1.165, 1.54) is 43.2 Å². The van der Waals surface area contributed by atoms with Gasteiger partial charge in [-0.3, -0.25) is 0 Å². The van der Waals surface area contributed by atoms with E-state index < -0.39 is 0 Å². The average Bonchev–Trinajstić information content (AvgIpc) is 2.34. The Morgan fingerprint density at radius 3 is 2.22 bits per heavy atom. The lowest BCUT2D eigenvalue weighted by molar-refractivity contribution is 0.206. The van der Waals surface area contributed by atoms with Crippen molar-refractivity contribution in [1.29, 1.82) is 0 Å². The third-order valence-electron chi connectivity index (χ3n) is 4.49. The van der Waals surface area contributed by atoms with Gasteiger partial charge in [-0.15, -0.1) is 11.6 Å². The average molecular weight is 285 g/mol. The fourth-order valence-electron chi connectivity index (χ4n) is 2.99. The van der Waals surface area contributed by atoms with Crippen molar-refractivity contribution >= 4 is 23.2 Å². The molecule has 1 fully saturated rings. The van der Waals surface area contributed by atoms with Crippen molar-refractivity contribution < 1.29 is 0 Å². The predicted molar refractivity (Wildman–Crippen MR) is 80.7 cm³/mol. The van der Waals surface area contributed by atoms with Gasteiger partial charge >= 0.3 is 0 Å². The lowest BCUT2D eigenvalue weighted by Gasteiger charge is -2.38. The van der Waals surface area contributed by atoms with Gasteiger partial charge in [0.2, 0.25) is 0 Å². The summed E-state index contributed by atoms with van der Waals surface area (Å²) in [7, 11) is 0. The highest BCUT2D eigenvalue weighted by Crippen LogP contribution is 2.50. The molecule has 1 aliphatic rings. The summed E-state index contributed by atoms with van der Waals surface area (Å²) in [5, 5.41) is 0.856. The zero-order chi connectivity index (χ0) is 13.3. The van der Waals surface area contributed by atoms with E-state index in [4.69, 9.17) is 23.2 Å². The van der Waals surface area contributed by atoms with Gasteiger partial charge in [-0.1, -0.05) is 43.9 Å². The summed E-state index contributed by atoms with van der Waals surface area (Å²) in [6.45, 7) is 6.54. The number of hydrogen-bond donors (Lipinski definition) is 0. The summed E-state index contributed by atoms with van der Waals surface area (Å²) in [5.41, 5.74) is 3.83.